The Hall–Kier alpha value is -3.41. The SMILES string of the molecule is CC(=O)N(CCCCn1cnc2c(N)nc3ccccc3c21)Cc1ccccc1. The highest BCUT2D eigenvalue weighted by Gasteiger charge is 2.13. The first-order valence-electron chi connectivity index (χ1n) is 9.92. The van der Waals surface area contributed by atoms with E-state index in [1.807, 2.05) is 47.6 Å². The molecule has 1 amide bonds. The van der Waals surface area contributed by atoms with Gasteiger partial charge in [-0.05, 0) is 24.5 Å². The summed E-state index contributed by atoms with van der Waals surface area (Å²) in [6.45, 7) is 3.84. The molecular weight excluding hydrogens is 362 g/mol. The number of nitrogens with zero attached hydrogens (tertiary/aromatic N) is 4. The van der Waals surface area contributed by atoms with Gasteiger partial charge in [0.1, 0.15) is 5.52 Å². The lowest BCUT2D eigenvalue weighted by atomic mass is 10.2. The largest absolute Gasteiger partial charge is 0.382 e. The number of para-hydroxylation sites is 1. The number of aryl methyl sites for hydroxylation is 1. The van der Waals surface area contributed by atoms with Crippen LogP contribution < -0.4 is 5.73 Å². The maximum Gasteiger partial charge on any atom is 0.219 e. The van der Waals surface area contributed by atoms with Crippen LogP contribution in [0, 0.1) is 0 Å². The number of hydrogen-bond acceptors (Lipinski definition) is 4. The number of aromatic nitrogens is 3. The molecule has 0 saturated carbocycles. The second kappa shape index (κ2) is 8.31. The third kappa shape index (κ3) is 4.06. The third-order valence-corrected chi connectivity index (χ3v) is 5.22. The predicted octanol–water partition coefficient (Wildman–Crippen LogP) is 4.00. The summed E-state index contributed by atoms with van der Waals surface area (Å²) in [5, 5.41) is 1.06. The Bertz CT molecular complexity index is 1140. The fourth-order valence-electron chi connectivity index (χ4n) is 3.71. The van der Waals surface area contributed by atoms with Crippen LogP contribution in [-0.4, -0.2) is 31.9 Å². The zero-order chi connectivity index (χ0) is 20.2. The minimum Gasteiger partial charge on any atom is -0.382 e. The van der Waals surface area contributed by atoms with Crippen LogP contribution in [0.4, 0.5) is 5.82 Å². The number of carbonyl (C=O) groups excluding carboxylic acids is 1. The van der Waals surface area contributed by atoms with Crippen molar-refractivity contribution >= 4 is 33.7 Å². The Morgan fingerprint density at radius 2 is 1.83 bits per heavy atom. The molecule has 4 aromatic rings. The van der Waals surface area contributed by atoms with Crippen molar-refractivity contribution in [1.82, 2.24) is 19.4 Å². The van der Waals surface area contributed by atoms with Crippen LogP contribution in [0.3, 0.4) is 0 Å². The molecule has 6 heteroatoms. The van der Waals surface area contributed by atoms with E-state index in [4.69, 9.17) is 5.73 Å². The molecule has 0 saturated heterocycles. The van der Waals surface area contributed by atoms with Crippen molar-refractivity contribution in [3.05, 3.63) is 66.5 Å². The molecule has 0 spiro atoms. The van der Waals surface area contributed by atoms with Gasteiger partial charge in [0.25, 0.3) is 0 Å². The predicted molar refractivity (Wildman–Crippen MR) is 116 cm³/mol. The maximum atomic E-state index is 12.0. The molecule has 0 aliphatic carbocycles. The fraction of sp³-hybridized carbons (Fsp3) is 0.261. The van der Waals surface area contributed by atoms with Crippen LogP contribution >= 0.6 is 0 Å². The molecule has 0 atom stereocenters. The van der Waals surface area contributed by atoms with Gasteiger partial charge in [0.05, 0.1) is 17.4 Å². The van der Waals surface area contributed by atoms with E-state index in [1.165, 1.54) is 0 Å². The van der Waals surface area contributed by atoms with Gasteiger partial charge in [0, 0.05) is 31.9 Å². The highest BCUT2D eigenvalue weighted by Crippen LogP contribution is 2.27. The van der Waals surface area contributed by atoms with Gasteiger partial charge in [-0.15, -0.1) is 0 Å². The maximum absolute atomic E-state index is 12.0. The van der Waals surface area contributed by atoms with Crippen molar-refractivity contribution in [3.8, 4) is 0 Å². The summed E-state index contributed by atoms with van der Waals surface area (Å²) >= 11 is 0. The van der Waals surface area contributed by atoms with E-state index in [2.05, 4.69) is 32.7 Å². The zero-order valence-electron chi connectivity index (χ0n) is 16.6. The van der Waals surface area contributed by atoms with Crippen LogP contribution in [0.5, 0.6) is 0 Å². The second-order valence-corrected chi connectivity index (χ2v) is 7.28. The molecule has 0 aliphatic heterocycles. The summed E-state index contributed by atoms with van der Waals surface area (Å²) in [7, 11) is 0. The molecule has 2 aromatic carbocycles. The summed E-state index contributed by atoms with van der Waals surface area (Å²) in [4.78, 5) is 22.9. The van der Waals surface area contributed by atoms with E-state index in [0.717, 1.165) is 53.4 Å². The lowest BCUT2D eigenvalue weighted by molar-refractivity contribution is -0.129. The van der Waals surface area contributed by atoms with Crippen LogP contribution in [0.1, 0.15) is 25.3 Å². The molecule has 2 N–H and O–H groups in total. The molecule has 0 unspecified atom stereocenters. The van der Waals surface area contributed by atoms with Crippen LogP contribution in [0.25, 0.3) is 21.9 Å². The van der Waals surface area contributed by atoms with Gasteiger partial charge in [-0.25, -0.2) is 9.97 Å². The molecule has 0 radical (unpaired) electrons. The molecule has 0 bridgehead atoms. The highest BCUT2D eigenvalue weighted by atomic mass is 16.2. The van der Waals surface area contributed by atoms with Crippen LogP contribution in [0.15, 0.2) is 60.9 Å². The zero-order valence-corrected chi connectivity index (χ0v) is 16.6. The third-order valence-electron chi connectivity index (χ3n) is 5.22. The lowest BCUT2D eigenvalue weighted by Crippen LogP contribution is -2.29. The molecule has 6 nitrogen and oxygen atoms in total. The molecule has 0 fully saturated rings. The van der Waals surface area contributed by atoms with Crippen LogP contribution in [-0.2, 0) is 17.9 Å². The van der Waals surface area contributed by atoms with E-state index >= 15 is 0 Å². The average Bonchev–Trinajstić information content (AvgIpc) is 3.16. The lowest BCUT2D eigenvalue weighted by Gasteiger charge is -2.21. The van der Waals surface area contributed by atoms with E-state index in [-0.39, 0.29) is 5.91 Å². The Kier molecular flexibility index (Phi) is 5.42. The number of carbonyl (C=O) groups is 1. The Morgan fingerprint density at radius 1 is 1.07 bits per heavy atom. The number of rotatable bonds is 7. The van der Waals surface area contributed by atoms with E-state index in [0.29, 0.717) is 12.4 Å². The van der Waals surface area contributed by atoms with E-state index in [1.54, 1.807) is 6.92 Å². The normalized spacial score (nSPS) is 11.2. The molecule has 0 aliphatic rings. The first kappa shape index (κ1) is 18.9. The minimum absolute atomic E-state index is 0.103. The standard InChI is InChI=1S/C23H25N5O/c1-17(29)27(15-18-9-3-2-4-10-18)13-7-8-14-28-16-25-21-22(28)19-11-5-6-12-20(19)26-23(21)24/h2-6,9-12,16H,7-8,13-15H2,1H3,(H2,24,26). The van der Waals surface area contributed by atoms with Crippen molar-refractivity contribution in [2.45, 2.75) is 32.9 Å². The number of nitrogens with two attached hydrogens (primary N) is 1. The number of hydrogen-bond donors (Lipinski definition) is 1. The molecule has 2 aromatic heterocycles. The van der Waals surface area contributed by atoms with Gasteiger partial charge in [0.2, 0.25) is 5.91 Å². The van der Waals surface area contributed by atoms with Gasteiger partial charge < -0.3 is 15.2 Å². The summed E-state index contributed by atoms with van der Waals surface area (Å²) in [5.41, 5.74) is 9.91. The van der Waals surface area contributed by atoms with Crippen molar-refractivity contribution in [2.24, 2.45) is 0 Å². The monoisotopic (exact) mass is 387 g/mol. The Balaban J connectivity index is 1.44. The van der Waals surface area contributed by atoms with Crippen molar-refractivity contribution in [2.75, 3.05) is 12.3 Å². The number of anilines is 1. The number of imidazole rings is 1. The summed E-state index contributed by atoms with van der Waals surface area (Å²) in [6, 6.07) is 18.1. The van der Waals surface area contributed by atoms with E-state index in [9.17, 15) is 4.79 Å². The minimum atomic E-state index is 0.103. The van der Waals surface area contributed by atoms with Crippen molar-refractivity contribution in [1.29, 1.82) is 0 Å². The molecule has 2 heterocycles. The van der Waals surface area contributed by atoms with E-state index < -0.39 is 0 Å². The number of amides is 1. The number of nitrogen functional groups attached to an aromatic ring is 1. The highest BCUT2D eigenvalue weighted by molar-refractivity contribution is 6.06. The summed E-state index contributed by atoms with van der Waals surface area (Å²) < 4.78 is 2.14. The molecule has 29 heavy (non-hydrogen) atoms. The average molecular weight is 387 g/mol. The quantitative estimate of drug-likeness (QED) is 0.486. The van der Waals surface area contributed by atoms with Crippen molar-refractivity contribution < 1.29 is 4.79 Å². The molecule has 148 valence electrons. The summed E-state index contributed by atoms with van der Waals surface area (Å²) in [6.07, 6.45) is 3.70. The number of unbranched alkanes of at least 4 members (excludes halogenated alkanes) is 1. The van der Waals surface area contributed by atoms with Gasteiger partial charge in [-0.3, -0.25) is 4.79 Å². The second-order valence-electron chi connectivity index (χ2n) is 7.28. The van der Waals surface area contributed by atoms with Gasteiger partial charge in [-0.1, -0.05) is 48.5 Å². The van der Waals surface area contributed by atoms with Crippen molar-refractivity contribution in [3.63, 3.8) is 0 Å². The topological polar surface area (TPSA) is 77.0 Å². The number of fused-ring (bicyclic) bond motifs is 3. The first-order chi connectivity index (χ1) is 14.1. The first-order valence-corrected chi connectivity index (χ1v) is 9.92. The van der Waals surface area contributed by atoms with Gasteiger partial charge in [0.15, 0.2) is 5.82 Å². The number of pyridine rings is 1. The number of benzene rings is 2. The molecular formula is C23H25N5O. The van der Waals surface area contributed by atoms with Crippen LogP contribution in [0.2, 0.25) is 0 Å². The summed E-state index contributed by atoms with van der Waals surface area (Å²) in [5.74, 6) is 0.565. The Morgan fingerprint density at radius 3 is 2.62 bits per heavy atom. The fourth-order valence-corrected chi connectivity index (χ4v) is 3.71. The molecule has 4 rings (SSSR count). The van der Waals surface area contributed by atoms with Gasteiger partial charge in [-0.2, -0.15) is 0 Å². The Labute approximate surface area is 170 Å². The van der Waals surface area contributed by atoms with Gasteiger partial charge >= 0.3 is 0 Å². The smallest absolute Gasteiger partial charge is 0.219 e.